The van der Waals surface area contributed by atoms with Crippen molar-refractivity contribution in [2.24, 2.45) is 0 Å². The summed E-state index contributed by atoms with van der Waals surface area (Å²) in [5.74, 6) is 0.163. The van der Waals surface area contributed by atoms with Crippen LogP contribution in [0.2, 0.25) is 5.02 Å². The van der Waals surface area contributed by atoms with Crippen molar-refractivity contribution in [1.82, 2.24) is 15.0 Å². The highest BCUT2D eigenvalue weighted by molar-refractivity contribution is 7.99. The van der Waals surface area contributed by atoms with Crippen molar-refractivity contribution in [3.8, 4) is 0 Å². The average Bonchev–Trinajstić information content (AvgIpc) is 2.40. The molecule has 0 unspecified atom stereocenters. The third kappa shape index (κ3) is 3.09. The number of hydrogen-bond donors (Lipinski definition) is 1. The van der Waals surface area contributed by atoms with Crippen molar-refractivity contribution in [2.75, 3.05) is 12.4 Å². The first-order valence-corrected chi connectivity index (χ1v) is 6.28. The molecule has 0 aromatic carbocycles. The van der Waals surface area contributed by atoms with Crippen molar-refractivity contribution < 1.29 is 4.92 Å². The molecular formula is C10H8ClN5O2S. The molecule has 98 valence electrons. The van der Waals surface area contributed by atoms with Crippen molar-refractivity contribution in [2.45, 2.75) is 10.1 Å². The van der Waals surface area contributed by atoms with Crippen molar-refractivity contribution in [1.29, 1.82) is 0 Å². The van der Waals surface area contributed by atoms with Crippen LogP contribution in [0.1, 0.15) is 0 Å². The van der Waals surface area contributed by atoms with Gasteiger partial charge in [-0.25, -0.2) is 15.0 Å². The number of rotatable bonds is 4. The Labute approximate surface area is 117 Å². The minimum atomic E-state index is -0.524. The van der Waals surface area contributed by atoms with Crippen LogP contribution < -0.4 is 5.32 Å². The highest BCUT2D eigenvalue weighted by Crippen LogP contribution is 2.35. The van der Waals surface area contributed by atoms with Crippen LogP contribution in [0.4, 0.5) is 11.5 Å². The summed E-state index contributed by atoms with van der Waals surface area (Å²) >= 11 is 6.81. The van der Waals surface area contributed by atoms with Crippen LogP contribution in [0, 0.1) is 10.1 Å². The van der Waals surface area contributed by atoms with Crippen LogP contribution in [0.25, 0.3) is 0 Å². The maximum atomic E-state index is 11.1. The zero-order valence-corrected chi connectivity index (χ0v) is 11.3. The number of nitrogens with zero attached hydrogens (tertiary/aromatic N) is 4. The molecule has 0 spiro atoms. The zero-order valence-electron chi connectivity index (χ0n) is 9.70. The highest BCUT2D eigenvalue weighted by atomic mass is 35.5. The molecule has 0 radical (unpaired) electrons. The van der Waals surface area contributed by atoms with E-state index in [1.54, 1.807) is 19.2 Å². The molecule has 0 atom stereocenters. The third-order valence-corrected chi connectivity index (χ3v) is 3.28. The summed E-state index contributed by atoms with van der Waals surface area (Å²) in [7, 11) is 1.56. The summed E-state index contributed by atoms with van der Waals surface area (Å²) in [4.78, 5) is 22.3. The Morgan fingerprint density at radius 3 is 2.74 bits per heavy atom. The van der Waals surface area contributed by atoms with Crippen LogP contribution in [-0.2, 0) is 0 Å². The fourth-order valence-corrected chi connectivity index (χ4v) is 2.23. The van der Waals surface area contributed by atoms with Gasteiger partial charge in [0, 0.05) is 13.2 Å². The van der Waals surface area contributed by atoms with E-state index in [-0.39, 0.29) is 16.5 Å². The second-order valence-electron chi connectivity index (χ2n) is 3.30. The van der Waals surface area contributed by atoms with E-state index in [9.17, 15) is 10.1 Å². The van der Waals surface area contributed by atoms with E-state index in [0.717, 1.165) is 11.8 Å². The smallest absolute Gasteiger partial charge is 0.343 e. The van der Waals surface area contributed by atoms with E-state index in [1.165, 1.54) is 12.5 Å². The van der Waals surface area contributed by atoms with Crippen molar-refractivity contribution in [3.05, 3.63) is 39.8 Å². The van der Waals surface area contributed by atoms with Gasteiger partial charge in [-0.15, -0.1) is 0 Å². The van der Waals surface area contributed by atoms with Crippen LogP contribution in [-0.4, -0.2) is 26.9 Å². The van der Waals surface area contributed by atoms with Crippen LogP contribution in [0.15, 0.2) is 34.7 Å². The van der Waals surface area contributed by atoms with Gasteiger partial charge in [0.1, 0.15) is 11.4 Å². The molecule has 0 saturated heterocycles. The zero-order chi connectivity index (χ0) is 13.8. The van der Waals surface area contributed by atoms with Crippen LogP contribution in [0.5, 0.6) is 0 Å². The van der Waals surface area contributed by atoms with E-state index >= 15 is 0 Å². The molecule has 0 aliphatic carbocycles. The van der Waals surface area contributed by atoms with Gasteiger partial charge in [0.05, 0.1) is 9.95 Å². The summed E-state index contributed by atoms with van der Waals surface area (Å²) in [6, 6.07) is 3.32. The lowest BCUT2D eigenvalue weighted by Gasteiger charge is -2.04. The summed E-state index contributed by atoms with van der Waals surface area (Å²) < 4.78 is 0. The molecule has 7 nitrogen and oxygen atoms in total. The maximum absolute atomic E-state index is 11.1. The Hall–Kier alpha value is -1.93. The van der Waals surface area contributed by atoms with Gasteiger partial charge >= 0.3 is 5.69 Å². The Morgan fingerprint density at radius 1 is 1.37 bits per heavy atom. The first-order valence-electron chi connectivity index (χ1n) is 5.08. The minimum absolute atomic E-state index is 0.163. The number of pyridine rings is 1. The van der Waals surface area contributed by atoms with E-state index in [2.05, 4.69) is 20.3 Å². The van der Waals surface area contributed by atoms with Gasteiger partial charge in [0.25, 0.3) is 0 Å². The number of nitro groups is 1. The first-order chi connectivity index (χ1) is 9.11. The molecule has 1 N–H and O–H groups in total. The van der Waals surface area contributed by atoms with Gasteiger partial charge in [0.2, 0.25) is 5.82 Å². The van der Waals surface area contributed by atoms with E-state index in [4.69, 9.17) is 11.6 Å². The van der Waals surface area contributed by atoms with E-state index < -0.39 is 4.92 Å². The second kappa shape index (κ2) is 5.81. The molecule has 0 fully saturated rings. The van der Waals surface area contributed by atoms with Crippen molar-refractivity contribution in [3.63, 3.8) is 0 Å². The fraction of sp³-hybridized carbons (Fsp3) is 0.100. The molecule has 0 aliphatic heterocycles. The van der Waals surface area contributed by atoms with Gasteiger partial charge in [-0.05, 0) is 23.9 Å². The molecule has 9 heteroatoms. The Kier molecular flexibility index (Phi) is 4.13. The second-order valence-corrected chi connectivity index (χ2v) is 4.75. The first kappa shape index (κ1) is 13.5. The normalized spacial score (nSPS) is 10.2. The number of aromatic nitrogens is 3. The summed E-state index contributed by atoms with van der Waals surface area (Å²) in [5, 5.41) is 15.0. The van der Waals surface area contributed by atoms with Gasteiger partial charge in [-0.1, -0.05) is 11.6 Å². The monoisotopic (exact) mass is 297 g/mol. The van der Waals surface area contributed by atoms with Gasteiger partial charge in [-0.3, -0.25) is 10.1 Å². The lowest BCUT2D eigenvalue weighted by atomic mass is 10.5. The molecule has 0 saturated carbocycles. The van der Waals surface area contributed by atoms with Gasteiger partial charge in [0.15, 0.2) is 5.03 Å². The molecule has 0 aliphatic rings. The van der Waals surface area contributed by atoms with E-state index in [0.29, 0.717) is 10.0 Å². The predicted octanol–water partition coefficient (Wildman–Crippen LogP) is 2.63. The summed E-state index contributed by atoms with van der Waals surface area (Å²) in [5.41, 5.74) is -0.174. The van der Waals surface area contributed by atoms with Crippen molar-refractivity contribution >= 4 is 34.9 Å². The molecule has 2 aromatic rings. The number of halogens is 1. The lowest BCUT2D eigenvalue weighted by molar-refractivity contribution is -0.387. The topological polar surface area (TPSA) is 93.8 Å². The third-order valence-electron chi connectivity index (χ3n) is 2.11. The maximum Gasteiger partial charge on any atom is 0.343 e. The largest absolute Gasteiger partial charge is 0.367 e. The summed E-state index contributed by atoms with van der Waals surface area (Å²) in [6.45, 7) is 0. The minimum Gasteiger partial charge on any atom is -0.367 e. The molecule has 0 bridgehead atoms. The number of anilines is 1. The molecule has 2 heterocycles. The molecule has 2 aromatic heterocycles. The Balaban J connectivity index is 2.39. The van der Waals surface area contributed by atoms with E-state index in [1.807, 2.05) is 0 Å². The van der Waals surface area contributed by atoms with Crippen LogP contribution >= 0.6 is 23.4 Å². The predicted molar refractivity (Wildman–Crippen MR) is 71.6 cm³/mol. The van der Waals surface area contributed by atoms with Gasteiger partial charge < -0.3 is 5.32 Å². The molecule has 2 rings (SSSR count). The Bertz CT molecular complexity index is 607. The Morgan fingerprint density at radius 2 is 2.16 bits per heavy atom. The average molecular weight is 298 g/mol. The molecular weight excluding hydrogens is 290 g/mol. The number of nitrogens with one attached hydrogen (secondary N) is 1. The molecule has 19 heavy (non-hydrogen) atoms. The lowest BCUT2D eigenvalue weighted by Crippen LogP contribution is -2.02. The fourth-order valence-electron chi connectivity index (χ4n) is 1.31. The standard InChI is InChI=1S/C10H8ClN5O2S/c1-12-9-8(16(17)18)10(15-5-14-9)19-7-3-2-6(11)4-13-7/h2-5H,1H3,(H,12,14,15). The van der Waals surface area contributed by atoms with Gasteiger partial charge in [-0.2, -0.15) is 0 Å². The van der Waals surface area contributed by atoms with Crippen LogP contribution in [0.3, 0.4) is 0 Å². The summed E-state index contributed by atoms with van der Waals surface area (Å²) in [6.07, 6.45) is 2.73. The molecule has 0 amide bonds. The highest BCUT2D eigenvalue weighted by Gasteiger charge is 2.23. The quantitative estimate of drug-likeness (QED) is 0.526. The number of hydrogen-bond acceptors (Lipinski definition) is 7. The SMILES string of the molecule is CNc1ncnc(Sc2ccc(Cl)cn2)c1[N+](=O)[O-].